The number of hydrogen-bond acceptors (Lipinski definition) is 4. The zero-order valence-corrected chi connectivity index (χ0v) is 11.7. The third-order valence-electron chi connectivity index (χ3n) is 2.92. The average Bonchev–Trinajstić information content (AvgIpc) is 2.78. The summed E-state index contributed by atoms with van der Waals surface area (Å²) in [5.74, 6) is -0.571. The largest absolute Gasteiger partial charge is 0.477 e. The first-order chi connectivity index (χ1) is 9.08. The van der Waals surface area contributed by atoms with Gasteiger partial charge in [0.1, 0.15) is 4.88 Å². The number of carboxylic acids is 1. The predicted octanol–water partition coefficient (Wildman–Crippen LogP) is 3.37. The molecule has 0 amide bonds. The van der Waals surface area contributed by atoms with Gasteiger partial charge < -0.3 is 10.4 Å². The molecule has 1 heterocycles. The maximum absolute atomic E-state index is 10.9. The fraction of sp³-hybridized carbons (Fsp3) is 0.286. The molecule has 2 N–H and O–H groups in total. The number of hydrogen-bond donors (Lipinski definition) is 2. The smallest absolute Gasteiger partial charge is 0.347 e. The van der Waals surface area contributed by atoms with E-state index in [1.807, 2.05) is 18.2 Å². The molecule has 1 unspecified atom stereocenters. The second-order valence-corrected chi connectivity index (χ2v) is 5.43. The Balaban J connectivity index is 1.99. The summed E-state index contributed by atoms with van der Waals surface area (Å²) >= 11 is 1.18. The molecule has 5 heteroatoms. The predicted molar refractivity (Wildman–Crippen MR) is 77.2 cm³/mol. The Bertz CT molecular complexity index is 566. The number of aromatic carboxylic acids is 1. The van der Waals surface area contributed by atoms with Gasteiger partial charge in [-0.15, -0.1) is 0 Å². The SMILES string of the molecule is Cc1nc(NCC(C)c2ccccc2)sc1C(=O)O. The van der Waals surface area contributed by atoms with Crippen molar-refractivity contribution in [3.05, 3.63) is 46.5 Å². The standard InChI is InChI=1S/C14H16N2O2S/c1-9(11-6-4-3-5-7-11)8-15-14-16-10(2)12(19-14)13(17)18/h3-7,9H,8H2,1-2H3,(H,15,16)(H,17,18). The first-order valence-corrected chi connectivity index (χ1v) is 6.89. The van der Waals surface area contributed by atoms with Gasteiger partial charge in [0, 0.05) is 6.54 Å². The van der Waals surface area contributed by atoms with Crippen LogP contribution >= 0.6 is 11.3 Å². The maximum Gasteiger partial charge on any atom is 0.347 e. The van der Waals surface area contributed by atoms with E-state index in [0.717, 1.165) is 6.54 Å². The van der Waals surface area contributed by atoms with E-state index in [1.54, 1.807) is 6.92 Å². The lowest BCUT2D eigenvalue weighted by Crippen LogP contribution is -2.09. The van der Waals surface area contributed by atoms with Crippen molar-refractivity contribution in [1.82, 2.24) is 4.98 Å². The maximum atomic E-state index is 10.9. The third-order valence-corrected chi connectivity index (χ3v) is 4.02. The van der Waals surface area contributed by atoms with Gasteiger partial charge in [-0.2, -0.15) is 0 Å². The van der Waals surface area contributed by atoms with Crippen LogP contribution in [0.5, 0.6) is 0 Å². The van der Waals surface area contributed by atoms with E-state index in [1.165, 1.54) is 16.9 Å². The van der Waals surface area contributed by atoms with Crippen LogP contribution < -0.4 is 5.32 Å². The zero-order chi connectivity index (χ0) is 13.8. The van der Waals surface area contributed by atoms with E-state index in [2.05, 4.69) is 29.4 Å². The van der Waals surface area contributed by atoms with Gasteiger partial charge in [0.05, 0.1) is 5.69 Å². The average molecular weight is 276 g/mol. The Labute approximate surface area is 116 Å². The fourth-order valence-corrected chi connectivity index (χ4v) is 2.62. The number of anilines is 1. The second kappa shape index (κ2) is 5.84. The molecule has 0 spiro atoms. The summed E-state index contributed by atoms with van der Waals surface area (Å²) in [5.41, 5.74) is 1.81. The number of nitrogens with one attached hydrogen (secondary N) is 1. The molecule has 1 atom stereocenters. The fourth-order valence-electron chi connectivity index (χ4n) is 1.81. The van der Waals surface area contributed by atoms with Crippen LogP contribution in [-0.4, -0.2) is 22.6 Å². The van der Waals surface area contributed by atoms with E-state index < -0.39 is 5.97 Å². The molecule has 100 valence electrons. The number of carboxylic acid groups (broad SMARTS) is 1. The van der Waals surface area contributed by atoms with Crippen LogP contribution in [0.15, 0.2) is 30.3 Å². The lowest BCUT2D eigenvalue weighted by molar-refractivity contribution is 0.0701. The minimum Gasteiger partial charge on any atom is -0.477 e. The van der Waals surface area contributed by atoms with Crippen LogP contribution in [0, 0.1) is 6.92 Å². The molecule has 2 aromatic rings. The lowest BCUT2D eigenvalue weighted by Gasteiger charge is -2.12. The molecule has 0 saturated carbocycles. The topological polar surface area (TPSA) is 62.2 Å². The van der Waals surface area contributed by atoms with Gasteiger partial charge in [-0.1, -0.05) is 48.6 Å². The van der Waals surface area contributed by atoms with Gasteiger partial charge in [-0.25, -0.2) is 9.78 Å². The molecular formula is C14H16N2O2S. The minimum atomic E-state index is -0.917. The monoisotopic (exact) mass is 276 g/mol. The van der Waals surface area contributed by atoms with Gasteiger partial charge in [0.15, 0.2) is 5.13 Å². The van der Waals surface area contributed by atoms with Crippen molar-refractivity contribution in [2.45, 2.75) is 19.8 Å². The Morgan fingerprint density at radius 3 is 2.68 bits per heavy atom. The van der Waals surface area contributed by atoms with E-state index in [-0.39, 0.29) is 0 Å². The number of rotatable bonds is 5. The molecule has 1 aromatic heterocycles. The van der Waals surface area contributed by atoms with Crippen LogP contribution in [0.1, 0.15) is 33.8 Å². The highest BCUT2D eigenvalue weighted by molar-refractivity contribution is 7.17. The molecule has 0 aliphatic carbocycles. The van der Waals surface area contributed by atoms with Gasteiger partial charge in [0.25, 0.3) is 0 Å². The van der Waals surface area contributed by atoms with Gasteiger partial charge >= 0.3 is 5.97 Å². The van der Waals surface area contributed by atoms with Crippen molar-refractivity contribution in [3.63, 3.8) is 0 Å². The molecular weight excluding hydrogens is 260 g/mol. The Morgan fingerprint density at radius 1 is 1.42 bits per heavy atom. The van der Waals surface area contributed by atoms with E-state index in [0.29, 0.717) is 21.6 Å². The first kappa shape index (κ1) is 13.5. The molecule has 0 aliphatic rings. The van der Waals surface area contributed by atoms with Gasteiger partial charge in [-0.3, -0.25) is 0 Å². The van der Waals surface area contributed by atoms with Crippen molar-refractivity contribution in [2.75, 3.05) is 11.9 Å². The highest BCUT2D eigenvalue weighted by Gasteiger charge is 2.14. The molecule has 4 nitrogen and oxygen atoms in total. The van der Waals surface area contributed by atoms with Crippen molar-refractivity contribution < 1.29 is 9.90 Å². The first-order valence-electron chi connectivity index (χ1n) is 6.07. The summed E-state index contributed by atoms with van der Waals surface area (Å²) in [4.78, 5) is 15.5. The van der Waals surface area contributed by atoms with Crippen molar-refractivity contribution in [2.24, 2.45) is 0 Å². The Kier molecular flexibility index (Phi) is 4.16. The van der Waals surface area contributed by atoms with Crippen LogP contribution in [0.3, 0.4) is 0 Å². The number of nitrogens with zero attached hydrogens (tertiary/aromatic N) is 1. The van der Waals surface area contributed by atoms with Gasteiger partial charge in [0.2, 0.25) is 0 Å². The molecule has 19 heavy (non-hydrogen) atoms. The molecule has 0 fully saturated rings. The van der Waals surface area contributed by atoms with E-state index >= 15 is 0 Å². The molecule has 0 aliphatic heterocycles. The number of aryl methyl sites for hydroxylation is 1. The third kappa shape index (κ3) is 3.32. The summed E-state index contributed by atoms with van der Waals surface area (Å²) in [6.45, 7) is 4.57. The molecule has 0 saturated heterocycles. The highest BCUT2D eigenvalue weighted by Crippen LogP contribution is 2.23. The van der Waals surface area contributed by atoms with E-state index in [4.69, 9.17) is 5.11 Å². The summed E-state index contributed by atoms with van der Waals surface area (Å²) in [6.07, 6.45) is 0. The van der Waals surface area contributed by atoms with Crippen LogP contribution in [0.25, 0.3) is 0 Å². The van der Waals surface area contributed by atoms with E-state index in [9.17, 15) is 4.79 Å². The summed E-state index contributed by atoms with van der Waals surface area (Å²) in [5, 5.41) is 12.8. The minimum absolute atomic E-state index is 0.301. The molecule has 0 bridgehead atoms. The van der Waals surface area contributed by atoms with Gasteiger partial charge in [-0.05, 0) is 18.4 Å². The molecule has 0 radical (unpaired) electrons. The molecule has 2 rings (SSSR count). The second-order valence-electron chi connectivity index (χ2n) is 4.43. The summed E-state index contributed by atoms with van der Waals surface area (Å²) in [7, 11) is 0. The number of benzene rings is 1. The Hall–Kier alpha value is -1.88. The molecule has 1 aromatic carbocycles. The van der Waals surface area contributed by atoms with Crippen molar-refractivity contribution in [3.8, 4) is 0 Å². The van der Waals surface area contributed by atoms with Crippen LogP contribution in [0.4, 0.5) is 5.13 Å². The zero-order valence-electron chi connectivity index (χ0n) is 10.9. The summed E-state index contributed by atoms with van der Waals surface area (Å²) in [6, 6.07) is 10.2. The van der Waals surface area contributed by atoms with Crippen molar-refractivity contribution >= 4 is 22.4 Å². The number of aromatic nitrogens is 1. The lowest BCUT2D eigenvalue weighted by atomic mass is 10.0. The Morgan fingerprint density at radius 2 is 2.11 bits per heavy atom. The van der Waals surface area contributed by atoms with Crippen LogP contribution in [-0.2, 0) is 0 Å². The number of carbonyl (C=O) groups is 1. The van der Waals surface area contributed by atoms with Crippen molar-refractivity contribution in [1.29, 1.82) is 0 Å². The normalized spacial score (nSPS) is 12.1. The van der Waals surface area contributed by atoms with Crippen LogP contribution in [0.2, 0.25) is 0 Å². The quantitative estimate of drug-likeness (QED) is 0.879. The summed E-state index contributed by atoms with van der Waals surface area (Å²) < 4.78 is 0. The highest BCUT2D eigenvalue weighted by atomic mass is 32.1. The number of thiazole rings is 1.